The van der Waals surface area contributed by atoms with Crippen LogP contribution in [0.3, 0.4) is 0 Å². The summed E-state index contributed by atoms with van der Waals surface area (Å²) in [6.45, 7) is 2.27. The fourth-order valence-corrected chi connectivity index (χ4v) is 2.62. The molecule has 1 heteroatoms. The Kier molecular flexibility index (Phi) is 7.08. The van der Waals surface area contributed by atoms with Crippen molar-refractivity contribution in [3.8, 4) is 0 Å². The number of hydrogen-bond donors (Lipinski definition) is 0. The zero-order valence-corrected chi connectivity index (χ0v) is 10.6. The lowest BCUT2D eigenvalue weighted by molar-refractivity contribution is 0.122. The Morgan fingerprint density at radius 3 is 2.40 bits per heavy atom. The highest BCUT2D eigenvalue weighted by Gasteiger charge is 2.23. The number of ether oxygens (including phenoxy) is 1. The molecule has 0 aliphatic heterocycles. The van der Waals surface area contributed by atoms with Crippen molar-refractivity contribution in [1.82, 2.24) is 0 Å². The molecule has 0 aromatic rings. The van der Waals surface area contributed by atoms with Gasteiger partial charge in [0.1, 0.15) is 0 Å². The molecular weight excluding hydrogens is 184 g/mol. The highest BCUT2D eigenvalue weighted by atomic mass is 16.5. The molecule has 0 bridgehead atoms. The number of methoxy groups -OCH3 is 1. The van der Waals surface area contributed by atoms with E-state index in [1.165, 1.54) is 70.3 Å². The number of hydrogen-bond acceptors (Lipinski definition) is 1. The first kappa shape index (κ1) is 13.0. The maximum atomic E-state index is 5.59. The minimum Gasteiger partial charge on any atom is -0.375 e. The smallest absolute Gasteiger partial charge is 0.0997 e. The number of unbranched alkanes of at least 4 members (excludes halogenated alkanes) is 3. The average molecular weight is 211 g/mol. The van der Waals surface area contributed by atoms with Crippen molar-refractivity contribution in [3.63, 3.8) is 0 Å². The third-order valence-electron chi connectivity index (χ3n) is 3.60. The van der Waals surface area contributed by atoms with E-state index in [4.69, 9.17) is 4.74 Å². The van der Waals surface area contributed by atoms with Gasteiger partial charge in [-0.1, -0.05) is 51.9 Å². The Morgan fingerprint density at radius 2 is 1.80 bits per heavy atom. The Morgan fingerprint density at radius 1 is 1.07 bits per heavy atom. The molecule has 1 nitrogen and oxygen atoms in total. The first-order chi connectivity index (χ1) is 7.38. The van der Waals surface area contributed by atoms with Crippen LogP contribution in [0, 0.1) is 12.0 Å². The van der Waals surface area contributed by atoms with Crippen LogP contribution in [0.25, 0.3) is 0 Å². The Labute approximate surface area is 95.6 Å². The summed E-state index contributed by atoms with van der Waals surface area (Å²) in [5, 5.41) is 0. The lowest BCUT2D eigenvalue weighted by Gasteiger charge is -2.28. The SMILES string of the molecule is CCCCCC[C](OC)C1CCCCC1. The first-order valence-corrected chi connectivity index (χ1v) is 6.78. The van der Waals surface area contributed by atoms with Crippen LogP contribution >= 0.6 is 0 Å². The first-order valence-electron chi connectivity index (χ1n) is 6.78. The van der Waals surface area contributed by atoms with Crippen molar-refractivity contribution in [3.05, 3.63) is 6.10 Å². The van der Waals surface area contributed by atoms with E-state index in [0.717, 1.165) is 5.92 Å². The summed E-state index contributed by atoms with van der Waals surface area (Å²) in [4.78, 5) is 0. The van der Waals surface area contributed by atoms with Gasteiger partial charge in [-0.05, 0) is 25.2 Å². The third kappa shape index (κ3) is 5.01. The maximum Gasteiger partial charge on any atom is 0.0997 e. The summed E-state index contributed by atoms with van der Waals surface area (Å²) in [5.41, 5.74) is 0. The molecule has 1 rings (SSSR count). The predicted molar refractivity (Wildman–Crippen MR) is 65.6 cm³/mol. The fourth-order valence-electron chi connectivity index (χ4n) is 2.62. The van der Waals surface area contributed by atoms with Gasteiger partial charge in [0.2, 0.25) is 0 Å². The van der Waals surface area contributed by atoms with Crippen molar-refractivity contribution in [2.45, 2.75) is 71.1 Å². The molecule has 1 radical (unpaired) electrons. The van der Waals surface area contributed by atoms with Gasteiger partial charge in [0.05, 0.1) is 6.10 Å². The van der Waals surface area contributed by atoms with E-state index in [9.17, 15) is 0 Å². The summed E-state index contributed by atoms with van der Waals surface area (Å²) in [5.74, 6) is 0.783. The Balaban J connectivity index is 2.15. The van der Waals surface area contributed by atoms with Crippen LogP contribution in [-0.4, -0.2) is 7.11 Å². The standard InChI is InChI=1S/C14H27O/c1-3-4-5-9-12-14(15-2)13-10-7-6-8-11-13/h13H,3-12H2,1-2H3. The normalized spacial score (nSPS) is 18.6. The Hall–Kier alpha value is -0.0400. The van der Waals surface area contributed by atoms with Gasteiger partial charge in [0, 0.05) is 7.11 Å². The summed E-state index contributed by atoms with van der Waals surface area (Å²) < 4.78 is 5.59. The van der Waals surface area contributed by atoms with Gasteiger partial charge in [-0.15, -0.1) is 0 Å². The third-order valence-corrected chi connectivity index (χ3v) is 3.60. The molecule has 0 spiro atoms. The molecule has 0 unspecified atom stereocenters. The lowest BCUT2D eigenvalue weighted by Crippen LogP contribution is -2.17. The summed E-state index contributed by atoms with van der Waals surface area (Å²) in [6.07, 6.45) is 15.0. The Bertz CT molecular complexity index is 138. The molecule has 1 saturated carbocycles. The van der Waals surface area contributed by atoms with E-state index in [0.29, 0.717) is 0 Å². The topological polar surface area (TPSA) is 9.23 Å². The molecule has 0 saturated heterocycles. The minimum atomic E-state index is 0.783. The van der Waals surface area contributed by atoms with E-state index in [2.05, 4.69) is 6.92 Å². The zero-order chi connectivity index (χ0) is 10.9. The van der Waals surface area contributed by atoms with E-state index in [-0.39, 0.29) is 0 Å². The highest BCUT2D eigenvalue weighted by Crippen LogP contribution is 2.34. The molecule has 89 valence electrons. The molecule has 0 heterocycles. The highest BCUT2D eigenvalue weighted by molar-refractivity contribution is 4.88. The molecule has 1 aliphatic rings. The predicted octanol–water partition coefficient (Wildman–Crippen LogP) is 4.72. The van der Waals surface area contributed by atoms with Crippen LogP contribution in [0.2, 0.25) is 0 Å². The van der Waals surface area contributed by atoms with E-state index in [1.807, 2.05) is 7.11 Å². The largest absolute Gasteiger partial charge is 0.375 e. The van der Waals surface area contributed by atoms with Gasteiger partial charge in [-0.3, -0.25) is 0 Å². The number of rotatable bonds is 7. The van der Waals surface area contributed by atoms with E-state index in [1.54, 1.807) is 0 Å². The van der Waals surface area contributed by atoms with Gasteiger partial charge < -0.3 is 4.74 Å². The average Bonchev–Trinajstić information content (AvgIpc) is 2.30. The molecule has 1 fully saturated rings. The van der Waals surface area contributed by atoms with E-state index < -0.39 is 0 Å². The molecule has 0 atom stereocenters. The zero-order valence-electron chi connectivity index (χ0n) is 10.6. The molecule has 0 N–H and O–H groups in total. The van der Waals surface area contributed by atoms with Crippen molar-refractivity contribution >= 4 is 0 Å². The van der Waals surface area contributed by atoms with Gasteiger partial charge >= 0.3 is 0 Å². The van der Waals surface area contributed by atoms with Crippen LogP contribution in [0.1, 0.15) is 71.1 Å². The monoisotopic (exact) mass is 211 g/mol. The van der Waals surface area contributed by atoms with Crippen LogP contribution in [0.15, 0.2) is 0 Å². The van der Waals surface area contributed by atoms with Crippen molar-refractivity contribution in [2.75, 3.05) is 7.11 Å². The molecule has 0 aromatic carbocycles. The second-order valence-corrected chi connectivity index (χ2v) is 4.82. The van der Waals surface area contributed by atoms with Crippen molar-refractivity contribution in [2.24, 2.45) is 5.92 Å². The van der Waals surface area contributed by atoms with Crippen LogP contribution in [0.4, 0.5) is 0 Å². The second-order valence-electron chi connectivity index (χ2n) is 4.82. The van der Waals surface area contributed by atoms with Crippen molar-refractivity contribution in [1.29, 1.82) is 0 Å². The van der Waals surface area contributed by atoms with Crippen LogP contribution in [0.5, 0.6) is 0 Å². The van der Waals surface area contributed by atoms with Gasteiger partial charge in [0.15, 0.2) is 0 Å². The lowest BCUT2D eigenvalue weighted by atomic mass is 9.83. The summed E-state index contributed by atoms with van der Waals surface area (Å²) >= 11 is 0. The summed E-state index contributed by atoms with van der Waals surface area (Å²) in [7, 11) is 1.86. The van der Waals surface area contributed by atoms with Crippen molar-refractivity contribution < 1.29 is 4.74 Å². The molecule has 1 aliphatic carbocycles. The van der Waals surface area contributed by atoms with Gasteiger partial charge in [-0.25, -0.2) is 0 Å². The molecule has 0 amide bonds. The second kappa shape index (κ2) is 8.15. The van der Waals surface area contributed by atoms with Crippen LogP contribution in [-0.2, 0) is 4.74 Å². The molecular formula is C14H27O. The van der Waals surface area contributed by atoms with E-state index >= 15 is 0 Å². The summed E-state index contributed by atoms with van der Waals surface area (Å²) in [6, 6.07) is 0. The van der Waals surface area contributed by atoms with Crippen LogP contribution < -0.4 is 0 Å². The minimum absolute atomic E-state index is 0.783. The molecule has 0 aromatic heterocycles. The maximum absolute atomic E-state index is 5.59. The van der Waals surface area contributed by atoms with Gasteiger partial charge in [-0.2, -0.15) is 0 Å². The molecule has 15 heavy (non-hydrogen) atoms. The fraction of sp³-hybridized carbons (Fsp3) is 0.929. The van der Waals surface area contributed by atoms with Gasteiger partial charge in [0.25, 0.3) is 0 Å². The quantitative estimate of drug-likeness (QED) is 0.554.